The molecule has 0 saturated carbocycles. The van der Waals surface area contributed by atoms with Crippen LogP contribution in [-0.4, -0.2) is 37.2 Å². The molecule has 4 heteroatoms. The van der Waals surface area contributed by atoms with Crippen LogP contribution in [0.15, 0.2) is 18.2 Å². The zero-order valence-electron chi connectivity index (χ0n) is 11.5. The van der Waals surface area contributed by atoms with E-state index in [-0.39, 0.29) is 0 Å². The Bertz CT molecular complexity index is 450. The van der Waals surface area contributed by atoms with Gasteiger partial charge in [0.05, 0.1) is 0 Å². The van der Waals surface area contributed by atoms with Crippen molar-refractivity contribution in [2.75, 3.05) is 26.3 Å². The summed E-state index contributed by atoms with van der Waals surface area (Å²) in [6, 6.07) is 6.87. The molecule has 2 N–H and O–H groups in total. The van der Waals surface area contributed by atoms with E-state index in [1.165, 1.54) is 12.0 Å². The van der Waals surface area contributed by atoms with Crippen molar-refractivity contribution in [3.63, 3.8) is 0 Å². The number of likely N-dealkylation sites (tertiary alicyclic amines) is 1. The quantitative estimate of drug-likeness (QED) is 0.899. The largest absolute Gasteiger partial charge is 0.486 e. The summed E-state index contributed by atoms with van der Waals surface area (Å²) in [6.07, 6.45) is 1.21. The van der Waals surface area contributed by atoms with Crippen LogP contribution in [0.2, 0.25) is 0 Å². The SMILES string of the molecule is C[C@@H]1C[C@H](CN)CN1Cc1ccc2c(c1)OCCO2. The van der Waals surface area contributed by atoms with Gasteiger partial charge in [-0.2, -0.15) is 0 Å². The molecule has 1 fully saturated rings. The fourth-order valence-corrected chi connectivity index (χ4v) is 3.03. The molecule has 1 aromatic carbocycles. The van der Waals surface area contributed by atoms with Gasteiger partial charge in [0.25, 0.3) is 0 Å². The van der Waals surface area contributed by atoms with Gasteiger partial charge < -0.3 is 15.2 Å². The minimum absolute atomic E-state index is 0.613. The molecule has 0 aromatic heterocycles. The number of hydrogen-bond acceptors (Lipinski definition) is 4. The van der Waals surface area contributed by atoms with Crippen molar-refractivity contribution >= 4 is 0 Å². The van der Waals surface area contributed by atoms with Gasteiger partial charge in [-0.25, -0.2) is 0 Å². The predicted molar refractivity (Wildman–Crippen MR) is 74.5 cm³/mol. The zero-order valence-corrected chi connectivity index (χ0v) is 11.5. The lowest BCUT2D eigenvalue weighted by Gasteiger charge is -2.23. The number of nitrogens with zero attached hydrogens (tertiary/aromatic N) is 1. The number of ether oxygens (including phenoxy) is 2. The maximum Gasteiger partial charge on any atom is 0.161 e. The van der Waals surface area contributed by atoms with Crippen molar-refractivity contribution in [3.05, 3.63) is 23.8 Å². The number of fused-ring (bicyclic) bond motifs is 1. The second-order valence-electron chi connectivity index (χ2n) is 5.59. The van der Waals surface area contributed by atoms with Crippen LogP contribution in [-0.2, 0) is 6.54 Å². The van der Waals surface area contributed by atoms with Crippen LogP contribution < -0.4 is 15.2 Å². The predicted octanol–water partition coefficient (Wildman–Crippen LogP) is 1.63. The van der Waals surface area contributed by atoms with Gasteiger partial charge in [-0.3, -0.25) is 4.90 Å². The second kappa shape index (κ2) is 5.39. The highest BCUT2D eigenvalue weighted by molar-refractivity contribution is 5.43. The number of benzene rings is 1. The topological polar surface area (TPSA) is 47.7 Å². The Morgan fingerprint density at radius 3 is 2.79 bits per heavy atom. The summed E-state index contributed by atoms with van der Waals surface area (Å²) < 4.78 is 11.2. The maximum atomic E-state index is 5.78. The zero-order chi connectivity index (χ0) is 13.2. The minimum Gasteiger partial charge on any atom is -0.486 e. The van der Waals surface area contributed by atoms with Crippen LogP contribution in [0.25, 0.3) is 0 Å². The van der Waals surface area contributed by atoms with E-state index in [2.05, 4.69) is 24.0 Å². The Morgan fingerprint density at radius 1 is 1.26 bits per heavy atom. The Labute approximate surface area is 114 Å². The Balaban J connectivity index is 1.70. The van der Waals surface area contributed by atoms with Crippen LogP contribution in [0, 0.1) is 5.92 Å². The van der Waals surface area contributed by atoms with Gasteiger partial charge in [0.1, 0.15) is 13.2 Å². The average molecular weight is 262 g/mol. The highest BCUT2D eigenvalue weighted by Gasteiger charge is 2.28. The second-order valence-corrected chi connectivity index (χ2v) is 5.59. The molecule has 0 aliphatic carbocycles. The molecule has 2 atom stereocenters. The highest BCUT2D eigenvalue weighted by Crippen LogP contribution is 2.32. The molecule has 1 aromatic rings. The van der Waals surface area contributed by atoms with Crippen molar-refractivity contribution < 1.29 is 9.47 Å². The lowest BCUT2D eigenvalue weighted by Crippen LogP contribution is -2.27. The summed E-state index contributed by atoms with van der Waals surface area (Å²) in [6.45, 7) is 6.44. The molecule has 0 unspecified atom stereocenters. The molecule has 4 nitrogen and oxygen atoms in total. The summed E-state index contributed by atoms with van der Waals surface area (Å²) in [7, 11) is 0. The van der Waals surface area contributed by atoms with Crippen molar-refractivity contribution in [2.24, 2.45) is 11.7 Å². The fraction of sp³-hybridized carbons (Fsp3) is 0.600. The molecule has 2 heterocycles. The maximum absolute atomic E-state index is 5.78. The first-order valence-electron chi connectivity index (χ1n) is 7.09. The summed E-state index contributed by atoms with van der Waals surface area (Å²) >= 11 is 0. The van der Waals surface area contributed by atoms with Crippen LogP contribution in [0.1, 0.15) is 18.9 Å². The smallest absolute Gasteiger partial charge is 0.161 e. The monoisotopic (exact) mass is 262 g/mol. The van der Waals surface area contributed by atoms with E-state index >= 15 is 0 Å². The molecular weight excluding hydrogens is 240 g/mol. The van der Waals surface area contributed by atoms with Gasteiger partial charge in [0.2, 0.25) is 0 Å². The molecule has 0 bridgehead atoms. The van der Waals surface area contributed by atoms with Crippen molar-refractivity contribution in [2.45, 2.75) is 25.9 Å². The lowest BCUT2D eigenvalue weighted by atomic mass is 10.1. The Kier molecular flexibility index (Phi) is 3.62. The van der Waals surface area contributed by atoms with Crippen molar-refractivity contribution in [3.8, 4) is 11.5 Å². The minimum atomic E-state index is 0.613. The normalized spacial score (nSPS) is 26.6. The molecule has 3 rings (SSSR count). The van der Waals surface area contributed by atoms with E-state index in [9.17, 15) is 0 Å². The van der Waals surface area contributed by atoms with Gasteiger partial charge in [-0.05, 0) is 43.5 Å². The van der Waals surface area contributed by atoms with Gasteiger partial charge in [-0.1, -0.05) is 6.07 Å². The van der Waals surface area contributed by atoms with E-state index in [0.717, 1.165) is 31.1 Å². The van der Waals surface area contributed by atoms with Gasteiger partial charge in [0.15, 0.2) is 11.5 Å². The van der Waals surface area contributed by atoms with Crippen LogP contribution >= 0.6 is 0 Å². The third-order valence-electron chi connectivity index (χ3n) is 4.12. The standard InChI is InChI=1S/C15H22N2O2/c1-11-6-13(8-16)10-17(11)9-12-2-3-14-15(7-12)19-5-4-18-14/h2-3,7,11,13H,4-6,8-10,16H2,1H3/t11-,13-/m1/s1. The lowest BCUT2D eigenvalue weighted by molar-refractivity contribution is 0.171. The number of rotatable bonds is 3. The Morgan fingerprint density at radius 2 is 2.05 bits per heavy atom. The summed E-state index contributed by atoms with van der Waals surface area (Å²) in [5.74, 6) is 2.39. The van der Waals surface area contributed by atoms with E-state index in [1.807, 2.05) is 6.07 Å². The molecular formula is C15H22N2O2. The molecule has 0 amide bonds. The number of hydrogen-bond donors (Lipinski definition) is 1. The third kappa shape index (κ3) is 2.69. The van der Waals surface area contributed by atoms with E-state index in [4.69, 9.17) is 15.2 Å². The highest BCUT2D eigenvalue weighted by atomic mass is 16.6. The first kappa shape index (κ1) is 12.8. The summed E-state index contributed by atoms with van der Waals surface area (Å²) in [5.41, 5.74) is 7.07. The summed E-state index contributed by atoms with van der Waals surface area (Å²) in [5, 5.41) is 0. The van der Waals surface area contributed by atoms with E-state index in [0.29, 0.717) is 25.2 Å². The number of nitrogens with two attached hydrogens (primary N) is 1. The molecule has 0 spiro atoms. The molecule has 2 aliphatic rings. The first-order valence-corrected chi connectivity index (χ1v) is 7.09. The summed E-state index contributed by atoms with van der Waals surface area (Å²) in [4.78, 5) is 2.50. The van der Waals surface area contributed by atoms with Gasteiger partial charge in [0, 0.05) is 19.1 Å². The first-order chi connectivity index (χ1) is 9.26. The van der Waals surface area contributed by atoms with Crippen LogP contribution in [0.5, 0.6) is 11.5 Å². The molecule has 0 radical (unpaired) electrons. The van der Waals surface area contributed by atoms with Crippen molar-refractivity contribution in [1.82, 2.24) is 4.90 Å². The average Bonchev–Trinajstić information content (AvgIpc) is 2.79. The molecule has 104 valence electrons. The molecule has 19 heavy (non-hydrogen) atoms. The van der Waals surface area contributed by atoms with Crippen LogP contribution in [0.4, 0.5) is 0 Å². The van der Waals surface area contributed by atoms with Gasteiger partial charge >= 0.3 is 0 Å². The van der Waals surface area contributed by atoms with Crippen molar-refractivity contribution in [1.29, 1.82) is 0 Å². The fourth-order valence-electron chi connectivity index (χ4n) is 3.03. The van der Waals surface area contributed by atoms with E-state index < -0.39 is 0 Å². The van der Waals surface area contributed by atoms with Gasteiger partial charge in [-0.15, -0.1) is 0 Å². The molecule has 2 aliphatic heterocycles. The van der Waals surface area contributed by atoms with Crippen LogP contribution in [0.3, 0.4) is 0 Å². The third-order valence-corrected chi connectivity index (χ3v) is 4.12. The van der Waals surface area contributed by atoms with E-state index in [1.54, 1.807) is 0 Å². The molecule has 1 saturated heterocycles. The Hall–Kier alpha value is -1.26.